The predicted octanol–water partition coefficient (Wildman–Crippen LogP) is 4.82. The summed E-state index contributed by atoms with van der Waals surface area (Å²) in [6.45, 7) is 0. The maximum absolute atomic E-state index is 12.3. The minimum Gasteiger partial charge on any atom is -0.508 e. The molecule has 61 heavy (non-hydrogen) atoms. The minimum absolute atomic E-state index is 0.0509. The molecule has 6 aromatic rings. The fourth-order valence-electron chi connectivity index (χ4n) is 8.63. The number of fused-ring (bicyclic) bond motifs is 3. The molecule has 0 amide bonds. The van der Waals surface area contributed by atoms with Gasteiger partial charge in [0.2, 0.25) is 17.2 Å². The predicted molar refractivity (Wildman–Crippen MR) is 210 cm³/mol. The van der Waals surface area contributed by atoms with E-state index in [0.717, 1.165) is 6.07 Å². The molecule has 9 rings (SSSR count). The monoisotopic (exact) mass is 834 g/mol. The van der Waals surface area contributed by atoms with Crippen LogP contribution in [0.15, 0.2) is 97.1 Å². The molecule has 0 bridgehead atoms. The number of phenolic OH excluding ortho intramolecular Hbond substituents is 9. The average Bonchev–Trinajstić information content (AvgIpc) is 3.24. The Morgan fingerprint density at radius 3 is 1.13 bits per heavy atom. The summed E-state index contributed by atoms with van der Waals surface area (Å²) in [7, 11) is 0. The van der Waals surface area contributed by atoms with Crippen molar-refractivity contribution < 1.29 is 80.6 Å². The molecule has 16 nitrogen and oxygen atoms in total. The molecule has 16 heteroatoms. The Bertz CT molecular complexity index is 2670. The fraction of sp³-hybridized carbons (Fsp3) is 0.200. The van der Waals surface area contributed by atoms with Gasteiger partial charge in [0.15, 0.2) is 52.8 Å². The average molecular weight is 835 g/mol. The van der Waals surface area contributed by atoms with Crippen LogP contribution < -0.4 is 14.2 Å². The standard InChI is InChI=1S/C45H38O16/c46-20-7-1-17(2-8-20)40-35(54)29(23-13-14-28(49)34(53)43(23)59-40)24-15-26-30(36(55)41(18-3-9-21(47)10-4-18)60-44(26)38(57)31(24)50)25-16-27-33(52)37(56)42(19-5-11-22(48)12-6-19)61-45(27)39(58)32(25)51/h1-16,29-30,33,35-37,40-42,46-58H/t29-,30+,33-,35-,36-,37-,40-,41-,42-/m1/s1. The minimum atomic E-state index is -1.75. The van der Waals surface area contributed by atoms with E-state index < -0.39 is 101 Å². The van der Waals surface area contributed by atoms with Crippen LogP contribution in [-0.4, -0.2) is 84.7 Å². The molecule has 13 N–H and O–H groups in total. The Morgan fingerprint density at radius 1 is 0.328 bits per heavy atom. The van der Waals surface area contributed by atoms with Crippen LogP contribution in [0.4, 0.5) is 0 Å². The van der Waals surface area contributed by atoms with E-state index in [0.29, 0.717) is 11.1 Å². The number of ether oxygens (including phenoxy) is 3. The van der Waals surface area contributed by atoms with Crippen LogP contribution in [0.25, 0.3) is 0 Å². The first-order chi connectivity index (χ1) is 29.1. The lowest BCUT2D eigenvalue weighted by atomic mass is 9.74. The molecule has 0 fully saturated rings. The van der Waals surface area contributed by atoms with Crippen LogP contribution >= 0.6 is 0 Å². The summed E-state index contributed by atoms with van der Waals surface area (Å²) < 4.78 is 18.2. The Morgan fingerprint density at radius 2 is 0.689 bits per heavy atom. The number of rotatable bonds is 5. The molecule has 0 aliphatic carbocycles. The zero-order chi connectivity index (χ0) is 43.2. The van der Waals surface area contributed by atoms with E-state index in [-0.39, 0.29) is 56.4 Å². The van der Waals surface area contributed by atoms with Gasteiger partial charge in [0.05, 0.1) is 0 Å². The summed E-state index contributed by atoms with van der Waals surface area (Å²) >= 11 is 0. The van der Waals surface area contributed by atoms with Gasteiger partial charge in [0.25, 0.3) is 0 Å². The van der Waals surface area contributed by atoms with Crippen LogP contribution in [0.2, 0.25) is 0 Å². The van der Waals surface area contributed by atoms with Gasteiger partial charge in [0.1, 0.15) is 41.7 Å². The molecular formula is C45H38O16. The molecule has 3 aliphatic heterocycles. The first-order valence-electron chi connectivity index (χ1n) is 19.0. The van der Waals surface area contributed by atoms with Gasteiger partial charge in [-0.05, 0) is 71.3 Å². The van der Waals surface area contributed by atoms with Crippen molar-refractivity contribution in [2.24, 2.45) is 0 Å². The molecule has 0 radical (unpaired) electrons. The Balaban J connectivity index is 1.24. The highest BCUT2D eigenvalue weighted by molar-refractivity contribution is 5.69. The SMILES string of the molecule is Oc1ccc([C@H]2Oc3c(ccc(O)c3O)[C@H](c3cc4c(c(O)c3O)O[C@H](c3ccc(O)cc3)[C@H](O)[C@H]4c3cc4c(c(O)c3O)O[C@H](c3ccc(O)cc3)[C@H](O)[C@@H]4O)[C@H]2O)cc1. The number of hydrogen-bond donors (Lipinski definition) is 13. The largest absolute Gasteiger partial charge is 0.508 e. The highest BCUT2D eigenvalue weighted by atomic mass is 16.5. The highest BCUT2D eigenvalue weighted by Gasteiger charge is 2.48. The lowest BCUT2D eigenvalue weighted by Gasteiger charge is -2.41. The van der Waals surface area contributed by atoms with Gasteiger partial charge in [-0.15, -0.1) is 0 Å². The second-order valence-electron chi connectivity index (χ2n) is 15.3. The zero-order valence-electron chi connectivity index (χ0n) is 31.5. The smallest absolute Gasteiger partial charge is 0.201 e. The van der Waals surface area contributed by atoms with Gasteiger partial charge < -0.3 is 80.6 Å². The molecule has 0 unspecified atom stereocenters. The van der Waals surface area contributed by atoms with E-state index in [9.17, 15) is 66.4 Å². The number of aliphatic hydroxyl groups excluding tert-OH is 4. The van der Waals surface area contributed by atoms with Crippen molar-refractivity contribution in [3.8, 4) is 69.0 Å². The third-order valence-corrected chi connectivity index (χ3v) is 11.7. The van der Waals surface area contributed by atoms with Crippen molar-refractivity contribution in [2.75, 3.05) is 0 Å². The number of benzene rings is 6. The van der Waals surface area contributed by atoms with Crippen molar-refractivity contribution in [1.29, 1.82) is 0 Å². The van der Waals surface area contributed by atoms with Crippen molar-refractivity contribution in [2.45, 2.75) is 54.6 Å². The third-order valence-electron chi connectivity index (χ3n) is 11.7. The Labute approximate surface area is 345 Å². The maximum Gasteiger partial charge on any atom is 0.201 e. The highest BCUT2D eigenvalue weighted by Crippen LogP contribution is 2.61. The van der Waals surface area contributed by atoms with Crippen molar-refractivity contribution >= 4 is 0 Å². The van der Waals surface area contributed by atoms with Gasteiger partial charge in [-0.1, -0.05) is 42.5 Å². The van der Waals surface area contributed by atoms with Gasteiger partial charge in [-0.3, -0.25) is 0 Å². The molecule has 6 aromatic carbocycles. The Kier molecular flexibility index (Phi) is 9.32. The summed E-state index contributed by atoms with van der Waals surface area (Å²) in [4.78, 5) is 0. The molecule has 3 aliphatic rings. The maximum atomic E-state index is 12.3. The summed E-state index contributed by atoms with van der Waals surface area (Å²) in [6.07, 6.45) is -10.7. The van der Waals surface area contributed by atoms with E-state index in [2.05, 4.69) is 0 Å². The van der Waals surface area contributed by atoms with Crippen molar-refractivity contribution in [3.63, 3.8) is 0 Å². The van der Waals surface area contributed by atoms with Gasteiger partial charge in [0, 0.05) is 39.7 Å². The van der Waals surface area contributed by atoms with Crippen LogP contribution in [-0.2, 0) is 0 Å². The summed E-state index contributed by atoms with van der Waals surface area (Å²) in [5.74, 6) is -8.92. The van der Waals surface area contributed by atoms with Crippen molar-refractivity contribution in [1.82, 2.24) is 0 Å². The number of hydrogen-bond acceptors (Lipinski definition) is 16. The van der Waals surface area contributed by atoms with Crippen molar-refractivity contribution in [3.05, 3.63) is 142 Å². The summed E-state index contributed by atoms with van der Waals surface area (Å²) in [6, 6.07) is 21.6. The van der Waals surface area contributed by atoms with Crippen LogP contribution in [0.5, 0.6) is 69.0 Å². The normalized spacial score (nSPS) is 25.2. The van der Waals surface area contributed by atoms with Crippen LogP contribution in [0.1, 0.15) is 80.8 Å². The lowest BCUT2D eigenvalue weighted by Crippen LogP contribution is -2.37. The molecule has 0 saturated heterocycles. The quantitative estimate of drug-likeness (QED) is 0.104. The molecule has 3 heterocycles. The first-order valence-corrected chi connectivity index (χ1v) is 19.0. The molecule has 0 spiro atoms. The number of aromatic hydroxyl groups is 9. The second-order valence-corrected chi connectivity index (χ2v) is 15.3. The first kappa shape index (κ1) is 39.2. The van der Waals surface area contributed by atoms with E-state index in [4.69, 9.17) is 14.2 Å². The summed E-state index contributed by atoms with van der Waals surface area (Å²) in [5, 5.41) is 146. The lowest BCUT2D eigenvalue weighted by molar-refractivity contribution is -0.0711. The molecular weight excluding hydrogens is 796 g/mol. The zero-order valence-corrected chi connectivity index (χ0v) is 31.5. The molecule has 0 saturated carbocycles. The molecule has 9 atom stereocenters. The topological polar surface area (TPSA) is 291 Å². The molecule has 314 valence electrons. The number of phenols is 9. The van der Waals surface area contributed by atoms with Gasteiger partial charge >= 0.3 is 0 Å². The van der Waals surface area contributed by atoms with Crippen LogP contribution in [0, 0.1) is 0 Å². The van der Waals surface area contributed by atoms with Crippen LogP contribution in [0.3, 0.4) is 0 Å². The van der Waals surface area contributed by atoms with Gasteiger partial charge in [-0.2, -0.15) is 0 Å². The van der Waals surface area contributed by atoms with E-state index >= 15 is 0 Å². The molecule has 0 aromatic heterocycles. The fourth-order valence-corrected chi connectivity index (χ4v) is 8.63. The number of aliphatic hydroxyl groups is 4. The van der Waals surface area contributed by atoms with E-state index in [1.165, 1.54) is 91.0 Å². The third kappa shape index (κ3) is 6.23. The second kappa shape index (κ2) is 14.5. The van der Waals surface area contributed by atoms with E-state index in [1.54, 1.807) is 0 Å². The van der Waals surface area contributed by atoms with E-state index in [1.807, 2.05) is 0 Å². The Hall–Kier alpha value is -7.24. The van der Waals surface area contributed by atoms with Gasteiger partial charge in [-0.25, -0.2) is 0 Å². The summed E-state index contributed by atoms with van der Waals surface area (Å²) in [5.41, 5.74) is 0.172.